The molecule has 4 rings (SSSR count). The summed E-state index contributed by atoms with van der Waals surface area (Å²) in [6, 6.07) is 17.9. The Morgan fingerprint density at radius 3 is 2.73 bits per heavy atom. The van der Waals surface area contributed by atoms with Crippen molar-refractivity contribution in [2.75, 3.05) is 5.32 Å². The molecule has 0 unspecified atom stereocenters. The third-order valence-electron chi connectivity index (χ3n) is 4.31. The first-order valence-corrected chi connectivity index (χ1v) is 10.1. The quantitative estimate of drug-likeness (QED) is 0.358. The number of amides is 1. The van der Waals surface area contributed by atoms with Gasteiger partial charge in [-0.1, -0.05) is 35.3 Å². The molecule has 0 bridgehead atoms. The normalized spacial score (nSPS) is 10.8. The Balaban J connectivity index is 1.50. The summed E-state index contributed by atoms with van der Waals surface area (Å²) in [5, 5.41) is 6.40. The molecule has 150 valence electrons. The maximum atomic E-state index is 12.4. The topological polar surface area (TPSA) is 67.2 Å². The van der Waals surface area contributed by atoms with Crippen LogP contribution in [-0.4, -0.2) is 16.0 Å². The summed E-state index contributed by atoms with van der Waals surface area (Å²) in [6.45, 7) is 2.00. The summed E-state index contributed by atoms with van der Waals surface area (Å²) in [5.41, 5.74) is 4.30. The average molecular weight is 456 g/mol. The van der Waals surface area contributed by atoms with Crippen LogP contribution >= 0.6 is 35.4 Å². The Morgan fingerprint density at radius 1 is 1.07 bits per heavy atom. The number of rotatable bonds is 3. The average Bonchev–Trinajstić information content (AvgIpc) is 3.13. The molecule has 30 heavy (non-hydrogen) atoms. The van der Waals surface area contributed by atoms with Crippen LogP contribution in [0.25, 0.3) is 22.6 Å². The molecule has 0 saturated heterocycles. The van der Waals surface area contributed by atoms with E-state index in [0.717, 1.165) is 22.2 Å². The molecule has 1 aromatic heterocycles. The van der Waals surface area contributed by atoms with E-state index >= 15 is 0 Å². The zero-order valence-corrected chi connectivity index (χ0v) is 18.0. The van der Waals surface area contributed by atoms with Crippen molar-refractivity contribution in [2.45, 2.75) is 6.92 Å². The summed E-state index contributed by atoms with van der Waals surface area (Å²) in [5.74, 6) is 0.0467. The largest absolute Gasteiger partial charge is 0.436 e. The van der Waals surface area contributed by atoms with Crippen LogP contribution in [0.5, 0.6) is 0 Å². The number of carbonyl (C=O) groups is 1. The molecular formula is C22H15Cl2N3O2S. The first kappa shape index (κ1) is 20.3. The number of aromatic nitrogens is 1. The van der Waals surface area contributed by atoms with Gasteiger partial charge in [0.1, 0.15) is 5.52 Å². The van der Waals surface area contributed by atoms with Crippen molar-refractivity contribution in [2.24, 2.45) is 0 Å². The monoisotopic (exact) mass is 455 g/mol. The van der Waals surface area contributed by atoms with Gasteiger partial charge in [-0.2, -0.15) is 0 Å². The smallest absolute Gasteiger partial charge is 0.258 e. The Hall–Kier alpha value is -2.93. The molecule has 8 heteroatoms. The lowest BCUT2D eigenvalue weighted by Gasteiger charge is -2.11. The van der Waals surface area contributed by atoms with Crippen LogP contribution < -0.4 is 10.6 Å². The lowest BCUT2D eigenvalue weighted by molar-refractivity contribution is 0.0978. The third-order valence-corrected chi connectivity index (χ3v) is 5.08. The zero-order valence-electron chi connectivity index (χ0n) is 15.7. The van der Waals surface area contributed by atoms with E-state index in [-0.39, 0.29) is 15.7 Å². The Morgan fingerprint density at radius 2 is 1.90 bits per heavy atom. The fraction of sp³-hybridized carbons (Fsp3) is 0.0455. The fourth-order valence-corrected chi connectivity index (χ4v) is 3.48. The van der Waals surface area contributed by atoms with Gasteiger partial charge in [-0.05, 0) is 73.2 Å². The van der Waals surface area contributed by atoms with Crippen molar-refractivity contribution in [3.8, 4) is 11.5 Å². The number of nitrogens with zero attached hydrogens (tertiary/aromatic N) is 1. The van der Waals surface area contributed by atoms with Crippen molar-refractivity contribution >= 4 is 63.2 Å². The summed E-state index contributed by atoms with van der Waals surface area (Å²) >= 11 is 17.3. The third kappa shape index (κ3) is 4.46. The molecule has 4 aromatic rings. The van der Waals surface area contributed by atoms with Crippen molar-refractivity contribution in [3.63, 3.8) is 0 Å². The molecule has 0 saturated carbocycles. The van der Waals surface area contributed by atoms with Crippen LogP contribution in [-0.2, 0) is 0 Å². The van der Waals surface area contributed by atoms with Gasteiger partial charge in [-0.25, -0.2) is 4.98 Å². The van der Waals surface area contributed by atoms with E-state index in [1.807, 2.05) is 49.4 Å². The molecule has 0 aliphatic carbocycles. The number of halogens is 2. The second-order valence-corrected chi connectivity index (χ2v) is 7.86. The lowest BCUT2D eigenvalue weighted by atomic mass is 10.2. The zero-order chi connectivity index (χ0) is 21.3. The van der Waals surface area contributed by atoms with E-state index in [1.54, 1.807) is 12.1 Å². The number of carbonyl (C=O) groups excluding carboxylic acids is 1. The second-order valence-electron chi connectivity index (χ2n) is 6.60. The van der Waals surface area contributed by atoms with Gasteiger partial charge in [0.15, 0.2) is 10.7 Å². The van der Waals surface area contributed by atoms with Crippen molar-refractivity contribution in [1.82, 2.24) is 10.3 Å². The van der Waals surface area contributed by atoms with E-state index in [0.29, 0.717) is 16.6 Å². The standard InChI is InChI=1S/C22H15Cl2N3O2S/c1-12-5-8-18-19(9-12)29-21(26-18)13-3-2-4-15(10-13)25-22(30)27-20(28)16-11-14(23)6-7-17(16)24/h2-11H,1H3,(H2,25,27,28,30). The van der Waals surface area contributed by atoms with E-state index in [2.05, 4.69) is 15.6 Å². The Kier molecular flexibility index (Phi) is 5.72. The van der Waals surface area contributed by atoms with Crippen LogP contribution in [0, 0.1) is 6.92 Å². The highest BCUT2D eigenvalue weighted by Gasteiger charge is 2.13. The van der Waals surface area contributed by atoms with Crippen LogP contribution in [0.2, 0.25) is 10.0 Å². The number of anilines is 1. The van der Waals surface area contributed by atoms with Gasteiger partial charge in [-0.15, -0.1) is 0 Å². The SMILES string of the molecule is Cc1ccc2nc(-c3cccc(NC(=S)NC(=O)c4cc(Cl)ccc4Cl)c3)oc2c1. The number of hydrogen-bond donors (Lipinski definition) is 2. The van der Waals surface area contributed by atoms with Crippen molar-refractivity contribution in [3.05, 3.63) is 81.8 Å². The Labute approximate surface area is 188 Å². The fourth-order valence-electron chi connectivity index (χ4n) is 2.89. The second kappa shape index (κ2) is 8.44. The van der Waals surface area contributed by atoms with Crippen LogP contribution in [0.3, 0.4) is 0 Å². The molecule has 2 N–H and O–H groups in total. The minimum atomic E-state index is -0.453. The molecule has 5 nitrogen and oxygen atoms in total. The molecular weight excluding hydrogens is 441 g/mol. The van der Waals surface area contributed by atoms with Crippen LogP contribution in [0.1, 0.15) is 15.9 Å². The molecule has 0 spiro atoms. The molecule has 3 aromatic carbocycles. The molecule has 0 aliphatic heterocycles. The number of aryl methyl sites for hydroxylation is 1. The summed E-state index contributed by atoms with van der Waals surface area (Å²) in [7, 11) is 0. The van der Waals surface area contributed by atoms with Gasteiger partial charge >= 0.3 is 0 Å². The molecule has 0 fully saturated rings. The summed E-state index contributed by atoms with van der Waals surface area (Å²) in [6.07, 6.45) is 0. The molecule has 0 atom stereocenters. The first-order chi connectivity index (χ1) is 14.4. The van der Waals surface area contributed by atoms with Gasteiger partial charge in [0.25, 0.3) is 5.91 Å². The van der Waals surface area contributed by atoms with Gasteiger partial charge in [0.2, 0.25) is 5.89 Å². The molecule has 0 radical (unpaired) electrons. The van der Waals surface area contributed by atoms with Crippen molar-refractivity contribution < 1.29 is 9.21 Å². The van der Waals surface area contributed by atoms with Gasteiger partial charge in [0, 0.05) is 16.3 Å². The predicted molar refractivity (Wildman–Crippen MR) is 124 cm³/mol. The minimum Gasteiger partial charge on any atom is -0.436 e. The van der Waals surface area contributed by atoms with Gasteiger partial charge in [0.05, 0.1) is 10.6 Å². The molecule has 1 heterocycles. The maximum Gasteiger partial charge on any atom is 0.258 e. The Bertz CT molecular complexity index is 1290. The number of hydrogen-bond acceptors (Lipinski definition) is 4. The highest BCUT2D eigenvalue weighted by Crippen LogP contribution is 2.27. The van der Waals surface area contributed by atoms with Crippen LogP contribution in [0.15, 0.2) is 65.1 Å². The summed E-state index contributed by atoms with van der Waals surface area (Å²) in [4.78, 5) is 17.0. The number of nitrogens with one attached hydrogen (secondary N) is 2. The van der Waals surface area contributed by atoms with E-state index in [4.69, 9.17) is 39.8 Å². The molecule has 1 amide bonds. The van der Waals surface area contributed by atoms with E-state index < -0.39 is 5.91 Å². The van der Waals surface area contributed by atoms with Gasteiger partial charge in [-0.3, -0.25) is 10.1 Å². The summed E-state index contributed by atoms with van der Waals surface area (Å²) < 4.78 is 5.87. The maximum absolute atomic E-state index is 12.4. The highest BCUT2D eigenvalue weighted by atomic mass is 35.5. The van der Waals surface area contributed by atoms with Crippen molar-refractivity contribution in [1.29, 1.82) is 0 Å². The van der Waals surface area contributed by atoms with Crippen LogP contribution in [0.4, 0.5) is 5.69 Å². The first-order valence-electron chi connectivity index (χ1n) is 8.94. The van der Waals surface area contributed by atoms with E-state index in [9.17, 15) is 4.79 Å². The van der Waals surface area contributed by atoms with Gasteiger partial charge < -0.3 is 9.73 Å². The number of oxazole rings is 1. The predicted octanol–water partition coefficient (Wildman–Crippen LogP) is 6.24. The molecule has 0 aliphatic rings. The van der Waals surface area contributed by atoms with E-state index in [1.165, 1.54) is 6.07 Å². The number of benzene rings is 3. The highest BCUT2D eigenvalue weighted by molar-refractivity contribution is 7.80. The minimum absolute atomic E-state index is 0.126. The number of fused-ring (bicyclic) bond motifs is 1. The lowest BCUT2D eigenvalue weighted by Crippen LogP contribution is -2.34. The number of thiocarbonyl (C=S) groups is 1.